The molecule has 0 aromatic heterocycles. The first-order chi connectivity index (χ1) is 8.34. The third kappa shape index (κ3) is 5.22. The molecular weight excluding hydrogens is 216 g/mol. The molecule has 0 aromatic rings. The Morgan fingerprint density at radius 2 is 2.24 bits per heavy atom. The lowest BCUT2D eigenvalue weighted by atomic mass is 10.1. The Morgan fingerprint density at radius 1 is 1.35 bits per heavy atom. The number of amides is 1. The smallest absolute Gasteiger partial charge is 0.220 e. The third-order valence-electron chi connectivity index (χ3n) is 3.09. The Kier molecular flexibility index (Phi) is 4.86. The Labute approximate surface area is 103 Å². The average molecular weight is 238 g/mol. The van der Waals surface area contributed by atoms with Crippen LogP contribution in [-0.4, -0.2) is 31.1 Å². The summed E-state index contributed by atoms with van der Waals surface area (Å²) in [5.74, 6) is 0.200. The maximum Gasteiger partial charge on any atom is 0.220 e. The van der Waals surface area contributed by atoms with Crippen LogP contribution in [0.5, 0.6) is 0 Å². The van der Waals surface area contributed by atoms with Gasteiger partial charge in [0.1, 0.15) is 6.10 Å². The van der Waals surface area contributed by atoms with Gasteiger partial charge in [-0.15, -0.1) is 0 Å². The zero-order valence-corrected chi connectivity index (χ0v) is 10.3. The van der Waals surface area contributed by atoms with Crippen molar-refractivity contribution in [3.8, 4) is 0 Å². The van der Waals surface area contributed by atoms with Crippen LogP contribution in [0.2, 0.25) is 0 Å². The molecule has 0 bridgehead atoms. The summed E-state index contributed by atoms with van der Waals surface area (Å²) >= 11 is 0. The van der Waals surface area contributed by atoms with E-state index >= 15 is 0 Å². The van der Waals surface area contributed by atoms with Gasteiger partial charge < -0.3 is 15.4 Å². The van der Waals surface area contributed by atoms with Crippen molar-refractivity contribution in [2.45, 2.75) is 50.7 Å². The van der Waals surface area contributed by atoms with Crippen LogP contribution in [0.3, 0.4) is 0 Å². The Balaban J connectivity index is 1.42. The molecule has 96 valence electrons. The van der Waals surface area contributed by atoms with Crippen molar-refractivity contribution in [2.75, 3.05) is 13.1 Å². The Bertz CT molecular complexity index is 275. The van der Waals surface area contributed by atoms with Crippen LogP contribution in [0.1, 0.15) is 38.5 Å². The van der Waals surface area contributed by atoms with E-state index in [1.807, 2.05) is 0 Å². The zero-order chi connectivity index (χ0) is 11.9. The molecule has 0 radical (unpaired) electrons. The van der Waals surface area contributed by atoms with Crippen LogP contribution in [0.4, 0.5) is 0 Å². The summed E-state index contributed by atoms with van der Waals surface area (Å²) in [4.78, 5) is 11.4. The minimum Gasteiger partial charge on any atom is -0.497 e. The highest BCUT2D eigenvalue weighted by molar-refractivity contribution is 5.76. The average Bonchev–Trinajstić information content (AvgIpc) is 3.14. The van der Waals surface area contributed by atoms with Gasteiger partial charge in [0.15, 0.2) is 0 Å². The number of rotatable bonds is 7. The van der Waals surface area contributed by atoms with Gasteiger partial charge in [0.05, 0.1) is 6.26 Å². The van der Waals surface area contributed by atoms with Gasteiger partial charge in [-0.05, 0) is 44.7 Å². The lowest BCUT2D eigenvalue weighted by molar-refractivity contribution is -0.121. The topological polar surface area (TPSA) is 50.4 Å². The highest BCUT2D eigenvalue weighted by atomic mass is 16.5. The number of carbonyl (C=O) groups is 1. The van der Waals surface area contributed by atoms with Crippen LogP contribution < -0.4 is 10.6 Å². The molecule has 1 fully saturated rings. The van der Waals surface area contributed by atoms with E-state index in [0.717, 1.165) is 45.2 Å². The molecular formula is C13H22N2O2. The van der Waals surface area contributed by atoms with E-state index in [0.29, 0.717) is 18.6 Å². The molecule has 2 rings (SSSR count). The predicted molar refractivity (Wildman–Crippen MR) is 66.5 cm³/mol. The molecule has 2 aliphatic rings. The molecule has 1 unspecified atom stereocenters. The molecule has 1 amide bonds. The van der Waals surface area contributed by atoms with E-state index in [1.54, 1.807) is 6.26 Å². The summed E-state index contributed by atoms with van der Waals surface area (Å²) < 4.78 is 5.44. The van der Waals surface area contributed by atoms with Gasteiger partial charge in [-0.1, -0.05) is 0 Å². The molecule has 1 atom stereocenters. The van der Waals surface area contributed by atoms with Crippen LogP contribution in [0.15, 0.2) is 12.3 Å². The normalized spacial score (nSPS) is 23.2. The van der Waals surface area contributed by atoms with E-state index in [4.69, 9.17) is 4.74 Å². The predicted octanol–water partition coefficient (Wildman–Crippen LogP) is 1.33. The second-order valence-corrected chi connectivity index (χ2v) is 4.86. The summed E-state index contributed by atoms with van der Waals surface area (Å²) in [6.45, 7) is 1.77. The lowest BCUT2D eigenvalue weighted by Crippen LogP contribution is -2.31. The molecule has 0 spiro atoms. The minimum atomic E-state index is 0.200. The van der Waals surface area contributed by atoms with Crippen molar-refractivity contribution in [1.29, 1.82) is 0 Å². The number of nitrogens with one attached hydrogen (secondary N) is 2. The number of carbonyl (C=O) groups excluding carboxylic acids is 1. The molecule has 2 N–H and O–H groups in total. The molecule has 1 heterocycles. The molecule has 1 aliphatic heterocycles. The van der Waals surface area contributed by atoms with E-state index < -0.39 is 0 Å². The van der Waals surface area contributed by atoms with E-state index in [2.05, 4.69) is 16.7 Å². The third-order valence-corrected chi connectivity index (χ3v) is 3.09. The van der Waals surface area contributed by atoms with Gasteiger partial charge in [-0.25, -0.2) is 0 Å². The van der Waals surface area contributed by atoms with Crippen molar-refractivity contribution in [1.82, 2.24) is 10.6 Å². The van der Waals surface area contributed by atoms with Crippen molar-refractivity contribution in [3.05, 3.63) is 12.3 Å². The quantitative estimate of drug-likeness (QED) is 0.658. The molecule has 1 saturated carbocycles. The Hall–Kier alpha value is -1.03. The first kappa shape index (κ1) is 12.4. The maximum atomic E-state index is 11.4. The monoisotopic (exact) mass is 238 g/mol. The van der Waals surface area contributed by atoms with Crippen LogP contribution >= 0.6 is 0 Å². The molecule has 4 nitrogen and oxygen atoms in total. The number of hydrogen-bond acceptors (Lipinski definition) is 3. The van der Waals surface area contributed by atoms with Gasteiger partial charge in [0.2, 0.25) is 5.91 Å². The Morgan fingerprint density at radius 3 is 2.94 bits per heavy atom. The number of allylic oxidation sites excluding steroid dienone is 1. The van der Waals surface area contributed by atoms with Gasteiger partial charge in [-0.3, -0.25) is 4.79 Å². The molecule has 4 heteroatoms. The summed E-state index contributed by atoms with van der Waals surface area (Å²) in [6, 6.07) is 0.484. The van der Waals surface area contributed by atoms with E-state index in [-0.39, 0.29) is 5.91 Å². The molecule has 0 saturated heterocycles. The van der Waals surface area contributed by atoms with Crippen LogP contribution in [0, 0.1) is 0 Å². The fourth-order valence-electron chi connectivity index (χ4n) is 1.90. The lowest BCUT2D eigenvalue weighted by Gasteiger charge is -2.19. The first-order valence-electron chi connectivity index (χ1n) is 6.65. The summed E-state index contributed by atoms with van der Waals surface area (Å²) in [5, 5.41) is 6.33. The summed E-state index contributed by atoms with van der Waals surface area (Å²) in [5.41, 5.74) is 0. The number of ether oxygens (including phenoxy) is 1. The summed E-state index contributed by atoms with van der Waals surface area (Å²) in [7, 11) is 0. The van der Waals surface area contributed by atoms with Crippen molar-refractivity contribution >= 4 is 5.91 Å². The summed E-state index contributed by atoms with van der Waals surface area (Å²) in [6.07, 6.45) is 10.2. The minimum absolute atomic E-state index is 0.200. The second kappa shape index (κ2) is 6.64. The van der Waals surface area contributed by atoms with Gasteiger partial charge >= 0.3 is 0 Å². The highest BCUT2D eigenvalue weighted by Gasteiger charge is 2.22. The number of hydrogen-bond donors (Lipinski definition) is 2. The van der Waals surface area contributed by atoms with Crippen LogP contribution in [-0.2, 0) is 9.53 Å². The molecule has 0 aromatic carbocycles. The molecule has 17 heavy (non-hydrogen) atoms. The standard InChI is InChI=1S/C13H22N2O2/c16-13(15-11-6-7-11)5-3-8-14-10-12-4-1-2-9-17-12/h2,9,11-12,14H,1,3-8,10H2,(H,15,16). The first-order valence-corrected chi connectivity index (χ1v) is 6.65. The highest BCUT2D eigenvalue weighted by Crippen LogP contribution is 2.18. The van der Waals surface area contributed by atoms with Gasteiger partial charge in [0.25, 0.3) is 0 Å². The fraction of sp³-hybridized carbons (Fsp3) is 0.769. The van der Waals surface area contributed by atoms with Crippen molar-refractivity contribution < 1.29 is 9.53 Å². The van der Waals surface area contributed by atoms with E-state index in [1.165, 1.54) is 0 Å². The largest absolute Gasteiger partial charge is 0.497 e. The zero-order valence-electron chi connectivity index (χ0n) is 10.3. The van der Waals surface area contributed by atoms with Crippen molar-refractivity contribution in [2.24, 2.45) is 0 Å². The van der Waals surface area contributed by atoms with Gasteiger partial charge in [-0.2, -0.15) is 0 Å². The van der Waals surface area contributed by atoms with E-state index in [9.17, 15) is 4.79 Å². The SMILES string of the molecule is O=C(CCCNCC1CCC=CO1)NC1CC1. The van der Waals surface area contributed by atoms with Crippen LogP contribution in [0.25, 0.3) is 0 Å². The molecule has 1 aliphatic carbocycles. The second-order valence-electron chi connectivity index (χ2n) is 4.86. The van der Waals surface area contributed by atoms with Crippen molar-refractivity contribution in [3.63, 3.8) is 0 Å². The maximum absolute atomic E-state index is 11.4. The van der Waals surface area contributed by atoms with Gasteiger partial charge in [0, 0.05) is 19.0 Å². The fourth-order valence-corrected chi connectivity index (χ4v) is 1.90.